The third-order valence-electron chi connectivity index (χ3n) is 1.58. The van der Waals surface area contributed by atoms with Crippen LogP contribution in [0.3, 0.4) is 0 Å². The zero-order chi connectivity index (χ0) is 6.85. The van der Waals surface area contributed by atoms with Crippen LogP contribution in [0.2, 0.25) is 0 Å². The molecule has 9 heavy (non-hydrogen) atoms. The minimum Gasteiger partial charge on any atom is -0.303 e. The Kier molecular flexibility index (Phi) is 1.67. The maximum atomic E-state index is 10.6. The van der Waals surface area contributed by atoms with Crippen LogP contribution in [0.4, 0.5) is 0 Å². The van der Waals surface area contributed by atoms with Gasteiger partial charge in [0.25, 0.3) is 0 Å². The van der Waals surface area contributed by atoms with Crippen LogP contribution >= 0.6 is 0 Å². The van der Waals surface area contributed by atoms with E-state index < -0.39 is 0 Å². The van der Waals surface area contributed by atoms with E-state index in [2.05, 4.69) is 0 Å². The SMILES string of the molecule is CN(C)C1C=CC(=O)C1. The van der Waals surface area contributed by atoms with Gasteiger partial charge in [-0.2, -0.15) is 0 Å². The van der Waals surface area contributed by atoms with Crippen LogP contribution < -0.4 is 0 Å². The molecule has 0 saturated heterocycles. The number of rotatable bonds is 1. The Morgan fingerprint density at radius 1 is 1.67 bits per heavy atom. The summed E-state index contributed by atoms with van der Waals surface area (Å²) >= 11 is 0. The van der Waals surface area contributed by atoms with Crippen molar-refractivity contribution in [3.05, 3.63) is 12.2 Å². The van der Waals surface area contributed by atoms with E-state index in [1.807, 2.05) is 25.1 Å². The molecule has 1 unspecified atom stereocenters. The zero-order valence-corrected chi connectivity index (χ0v) is 5.79. The predicted octanol–water partition coefficient (Wildman–Crippen LogP) is 0.446. The van der Waals surface area contributed by atoms with Crippen LogP contribution in [0, 0.1) is 0 Å². The van der Waals surface area contributed by atoms with Gasteiger partial charge < -0.3 is 4.90 Å². The van der Waals surface area contributed by atoms with Gasteiger partial charge >= 0.3 is 0 Å². The molecule has 0 aromatic rings. The van der Waals surface area contributed by atoms with Gasteiger partial charge in [0.05, 0.1) is 0 Å². The fourth-order valence-corrected chi connectivity index (χ4v) is 0.915. The zero-order valence-electron chi connectivity index (χ0n) is 5.79. The van der Waals surface area contributed by atoms with Gasteiger partial charge in [0.15, 0.2) is 5.78 Å². The summed E-state index contributed by atoms with van der Waals surface area (Å²) in [6.07, 6.45) is 4.26. The summed E-state index contributed by atoms with van der Waals surface area (Å²) in [5.41, 5.74) is 0. The number of nitrogens with zero attached hydrogens (tertiary/aromatic N) is 1. The van der Waals surface area contributed by atoms with E-state index in [1.54, 1.807) is 6.08 Å². The molecule has 1 atom stereocenters. The highest BCUT2D eigenvalue weighted by Gasteiger charge is 2.16. The van der Waals surface area contributed by atoms with Crippen LogP contribution in [-0.2, 0) is 4.79 Å². The minimum absolute atomic E-state index is 0.244. The number of likely N-dealkylation sites (N-methyl/N-ethyl adjacent to an activating group) is 1. The average Bonchev–Trinajstić information content (AvgIpc) is 2.14. The lowest BCUT2D eigenvalue weighted by molar-refractivity contribution is -0.114. The molecule has 1 aliphatic carbocycles. The first-order valence-electron chi connectivity index (χ1n) is 3.07. The highest BCUT2D eigenvalue weighted by atomic mass is 16.1. The second-order valence-electron chi connectivity index (χ2n) is 2.56. The van der Waals surface area contributed by atoms with Gasteiger partial charge in [0.2, 0.25) is 0 Å². The van der Waals surface area contributed by atoms with Gasteiger partial charge in [-0.3, -0.25) is 4.79 Å². The third-order valence-corrected chi connectivity index (χ3v) is 1.58. The molecule has 2 nitrogen and oxygen atoms in total. The van der Waals surface area contributed by atoms with E-state index in [9.17, 15) is 4.79 Å². The first kappa shape index (κ1) is 6.49. The quantitative estimate of drug-likeness (QED) is 0.507. The Balaban J connectivity index is 2.50. The standard InChI is InChI=1S/C7H11NO/c1-8(2)6-3-4-7(9)5-6/h3-4,6H,5H2,1-2H3. The molecule has 0 saturated carbocycles. The third kappa shape index (κ3) is 1.39. The number of hydrogen-bond acceptors (Lipinski definition) is 2. The average molecular weight is 125 g/mol. The molecule has 0 aliphatic heterocycles. The predicted molar refractivity (Wildman–Crippen MR) is 36.2 cm³/mol. The first-order valence-corrected chi connectivity index (χ1v) is 3.07. The van der Waals surface area contributed by atoms with Crippen molar-refractivity contribution in [1.82, 2.24) is 4.90 Å². The number of carbonyl (C=O) groups excluding carboxylic acids is 1. The summed E-state index contributed by atoms with van der Waals surface area (Å²) in [4.78, 5) is 12.7. The molecule has 2 heteroatoms. The second-order valence-corrected chi connectivity index (χ2v) is 2.56. The van der Waals surface area contributed by atoms with Gasteiger partial charge in [0.1, 0.15) is 0 Å². The Bertz CT molecular complexity index is 149. The molecule has 0 aromatic carbocycles. The van der Waals surface area contributed by atoms with E-state index in [1.165, 1.54) is 0 Å². The van der Waals surface area contributed by atoms with Crippen molar-refractivity contribution in [2.24, 2.45) is 0 Å². The van der Waals surface area contributed by atoms with Gasteiger partial charge in [-0.1, -0.05) is 6.08 Å². The van der Waals surface area contributed by atoms with Crippen molar-refractivity contribution < 1.29 is 4.79 Å². The molecule has 0 radical (unpaired) electrons. The smallest absolute Gasteiger partial charge is 0.157 e. The molecule has 1 aliphatic rings. The van der Waals surface area contributed by atoms with E-state index in [4.69, 9.17) is 0 Å². The number of carbonyl (C=O) groups is 1. The van der Waals surface area contributed by atoms with Crippen molar-refractivity contribution in [3.8, 4) is 0 Å². The van der Waals surface area contributed by atoms with Gasteiger partial charge in [-0.05, 0) is 20.2 Å². The molecule has 0 bridgehead atoms. The maximum absolute atomic E-state index is 10.6. The molecular formula is C7H11NO. The van der Waals surface area contributed by atoms with Crippen molar-refractivity contribution in [2.75, 3.05) is 14.1 Å². The summed E-state index contributed by atoms with van der Waals surface area (Å²) in [5, 5.41) is 0. The minimum atomic E-state index is 0.244. The maximum Gasteiger partial charge on any atom is 0.157 e. The second kappa shape index (κ2) is 2.31. The van der Waals surface area contributed by atoms with Crippen LogP contribution in [0.1, 0.15) is 6.42 Å². The van der Waals surface area contributed by atoms with Crippen LogP contribution in [0.15, 0.2) is 12.2 Å². The highest BCUT2D eigenvalue weighted by Crippen LogP contribution is 2.09. The normalized spacial score (nSPS) is 26.1. The van der Waals surface area contributed by atoms with Gasteiger partial charge in [0, 0.05) is 12.5 Å². The molecule has 0 fully saturated rings. The van der Waals surface area contributed by atoms with E-state index in [-0.39, 0.29) is 5.78 Å². The van der Waals surface area contributed by atoms with Crippen molar-refractivity contribution >= 4 is 5.78 Å². The molecule has 0 heterocycles. The molecule has 1 rings (SSSR count). The Morgan fingerprint density at radius 2 is 2.33 bits per heavy atom. The van der Waals surface area contributed by atoms with E-state index in [0.29, 0.717) is 12.5 Å². The summed E-state index contributed by atoms with van der Waals surface area (Å²) in [6, 6.07) is 0.345. The summed E-state index contributed by atoms with van der Waals surface area (Å²) in [7, 11) is 3.96. The molecule has 50 valence electrons. The lowest BCUT2D eigenvalue weighted by Crippen LogP contribution is -2.24. The topological polar surface area (TPSA) is 20.3 Å². The molecule has 0 aromatic heterocycles. The summed E-state index contributed by atoms with van der Waals surface area (Å²) in [5.74, 6) is 0.244. The molecule has 0 N–H and O–H groups in total. The largest absolute Gasteiger partial charge is 0.303 e. The lowest BCUT2D eigenvalue weighted by Gasteiger charge is -2.14. The van der Waals surface area contributed by atoms with E-state index >= 15 is 0 Å². The van der Waals surface area contributed by atoms with Crippen molar-refractivity contribution in [1.29, 1.82) is 0 Å². The van der Waals surface area contributed by atoms with Gasteiger partial charge in [-0.25, -0.2) is 0 Å². The number of hydrogen-bond donors (Lipinski definition) is 0. The summed E-state index contributed by atoms with van der Waals surface area (Å²) < 4.78 is 0. The fraction of sp³-hybridized carbons (Fsp3) is 0.571. The van der Waals surface area contributed by atoms with Crippen LogP contribution in [0.5, 0.6) is 0 Å². The van der Waals surface area contributed by atoms with E-state index in [0.717, 1.165) is 0 Å². The fourth-order valence-electron chi connectivity index (χ4n) is 0.915. The number of allylic oxidation sites excluding steroid dienone is 1. The van der Waals surface area contributed by atoms with Crippen molar-refractivity contribution in [2.45, 2.75) is 12.5 Å². The van der Waals surface area contributed by atoms with Crippen LogP contribution in [-0.4, -0.2) is 30.8 Å². The van der Waals surface area contributed by atoms with Crippen LogP contribution in [0.25, 0.3) is 0 Å². The van der Waals surface area contributed by atoms with Gasteiger partial charge in [-0.15, -0.1) is 0 Å². The molecule has 0 spiro atoms. The monoisotopic (exact) mass is 125 g/mol. The highest BCUT2D eigenvalue weighted by molar-refractivity contribution is 5.92. The summed E-state index contributed by atoms with van der Waals surface area (Å²) in [6.45, 7) is 0. The lowest BCUT2D eigenvalue weighted by atomic mass is 10.2. The Labute approximate surface area is 55.2 Å². The molecule has 0 amide bonds. The Morgan fingerprint density at radius 3 is 2.56 bits per heavy atom. The Hall–Kier alpha value is -0.630. The molecular weight excluding hydrogens is 114 g/mol. The first-order chi connectivity index (χ1) is 4.20. The number of ketones is 1. The van der Waals surface area contributed by atoms with Crippen molar-refractivity contribution in [3.63, 3.8) is 0 Å².